The van der Waals surface area contributed by atoms with Crippen LogP contribution in [-0.2, 0) is 11.3 Å². The van der Waals surface area contributed by atoms with Gasteiger partial charge in [-0.05, 0) is 111 Å². The Morgan fingerprint density at radius 2 is 1.97 bits per heavy atom. The van der Waals surface area contributed by atoms with Crippen molar-refractivity contribution in [2.45, 2.75) is 90.2 Å². The van der Waals surface area contributed by atoms with Gasteiger partial charge in [0.1, 0.15) is 12.1 Å². The van der Waals surface area contributed by atoms with E-state index in [9.17, 15) is 9.90 Å². The molecule has 4 aliphatic carbocycles. The van der Waals surface area contributed by atoms with E-state index in [1.165, 1.54) is 38.5 Å². The SMILES string of the molecule is CC[C@@]1(O)CC[C@H]2[C@H](CC[C@@H]3[C@@H]2CC[C@]2(C)[C@@H](C(=O)Cn4ncc5ncccc54)CC[C@@H]32)C1. The number of aliphatic hydroxyl groups is 1. The maximum atomic E-state index is 13.6. The molecule has 0 radical (unpaired) electrons. The van der Waals surface area contributed by atoms with E-state index in [-0.39, 0.29) is 11.3 Å². The number of rotatable bonds is 4. The zero-order valence-electron chi connectivity index (χ0n) is 20.2. The van der Waals surface area contributed by atoms with E-state index in [0.29, 0.717) is 18.2 Å². The maximum absolute atomic E-state index is 13.6. The molecule has 0 saturated heterocycles. The summed E-state index contributed by atoms with van der Waals surface area (Å²) in [5, 5.41) is 15.4. The predicted molar refractivity (Wildman–Crippen MR) is 128 cm³/mol. The van der Waals surface area contributed by atoms with Crippen molar-refractivity contribution in [3.05, 3.63) is 24.5 Å². The van der Waals surface area contributed by atoms with Crippen LogP contribution in [-0.4, -0.2) is 31.3 Å². The Hall–Kier alpha value is -1.75. The normalized spacial score (nSPS) is 42.5. The van der Waals surface area contributed by atoms with E-state index < -0.39 is 5.60 Å². The molecular formula is C28H39N3O2. The smallest absolute Gasteiger partial charge is 0.157 e. The van der Waals surface area contributed by atoms with Crippen molar-refractivity contribution >= 4 is 16.8 Å². The molecule has 178 valence electrons. The number of pyridine rings is 1. The average molecular weight is 450 g/mol. The van der Waals surface area contributed by atoms with Crippen LogP contribution in [0.25, 0.3) is 11.0 Å². The van der Waals surface area contributed by atoms with Gasteiger partial charge in [0, 0.05) is 12.1 Å². The minimum atomic E-state index is -0.408. The van der Waals surface area contributed by atoms with Crippen molar-refractivity contribution in [3.8, 4) is 0 Å². The highest BCUT2D eigenvalue weighted by atomic mass is 16.3. The molecular weight excluding hydrogens is 410 g/mol. The van der Waals surface area contributed by atoms with E-state index in [4.69, 9.17) is 0 Å². The first-order valence-electron chi connectivity index (χ1n) is 13.4. The van der Waals surface area contributed by atoms with Gasteiger partial charge in [0.15, 0.2) is 5.78 Å². The van der Waals surface area contributed by atoms with Crippen molar-refractivity contribution in [1.82, 2.24) is 14.8 Å². The summed E-state index contributed by atoms with van der Waals surface area (Å²) in [7, 11) is 0. The van der Waals surface area contributed by atoms with Crippen molar-refractivity contribution in [1.29, 1.82) is 0 Å². The largest absolute Gasteiger partial charge is 0.390 e. The molecule has 0 amide bonds. The Morgan fingerprint density at radius 3 is 2.82 bits per heavy atom. The lowest BCUT2D eigenvalue weighted by Gasteiger charge is -2.57. The number of hydrogen-bond acceptors (Lipinski definition) is 4. The summed E-state index contributed by atoms with van der Waals surface area (Å²) in [4.78, 5) is 18.0. The van der Waals surface area contributed by atoms with Gasteiger partial charge in [-0.1, -0.05) is 13.8 Å². The topological polar surface area (TPSA) is 68.0 Å². The summed E-state index contributed by atoms with van der Waals surface area (Å²) in [5.74, 6) is 4.34. The van der Waals surface area contributed by atoms with Crippen LogP contribution in [0.1, 0.15) is 78.1 Å². The first-order valence-corrected chi connectivity index (χ1v) is 13.4. The second kappa shape index (κ2) is 7.90. The van der Waals surface area contributed by atoms with Crippen molar-refractivity contribution in [2.75, 3.05) is 0 Å². The molecule has 0 spiro atoms. The van der Waals surface area contributed by atoms with Gasteiger partial charge in [-0.2, -0.15) is 5.10 Å². The summed E-state index contributed by atoms with van der Waals surface area (Å²) < 4.78 is 1.86. The van der Waals surface area contributed by atoms with Crippen LogP contribution >= 0.6 is 0 Å². The molecule has 2 heterocycles. The summed E-state index contributed by atoms with van der Waals surface area (Å²) in [6.07, 6.45) is 15.0. The first-order chi connectivity index (χ1) is 15.9. The molecule has 33 heavy (non-hydrogen) atoms. The highest BCUT2D eigenvalue weighted by Gasteiger charge is 2.58. The van der Waals surface area contributed by atoms with Gasteiger partial charge in [-0.3, -0.25) is 14.5 Å². The number of hydrogen-bond donors (Lipinski definition) is 1. The summed E-state index contributed by atoms with van der Waals surface area (Å²) >= 11 is 0. The minimum absolute atomic E-state index is 0.144. The molecule has 5 heteroatoms. The van der Waals surface area contributed by atoms with Crippen LogP contribution in [0.5, 0.6) is 0 Å². The van der Waals surface area contributed by atoms with Crippen molar-refractivity contribution in [3.63, 3.8) is 0 Å². The van der Waals surface area contributed by atoms with Crippen LogP contribution in [0, 0.1) is 40.9 Å². The third kappa shape index (κ3) is 3.40. The molecule has 4 fully saturated rings. The maximum Gasteiger partial charge on any atom is 0.157 e. The molecule has 4 aliphatic rings. The van der Waals surface area contributed by atoms with Gasteiger partial charge in [0.05, 0.1) is 17.3 Å². The van der Waals surface area contributed by atoms with Crippen LogP contribution in [0.3, 0.4) is 0 Å². The van der Waals surface area contributed by atoms with Crippen LogP contribution in [0.15, 0.2) is 24.5 Å². The quantitative estimate of drug-likeness (QED) is 0.678. The highest BCUT2D eigenvalue weighted by Crippen LogP contribution is 2.64. The van der Waals surface area contributed by atoms with Crippen LogP contribution in [0.2, 0.25) is 0 Å². The van der Waals surface area contributed by atoms with Gasteiger partial charge in [0.2, 0.25) is 0 Å². The van der Waals surface area contributed by atoms with E-state index in [1.54, 1.807) is 12.4 Å². The molecule has 0 aliphatic heterocycles. The lowest BCUT2D eigenvalue weighted by Crippen LogP contribution is -2.51. The molecule has 0 bridgehead atoms. The number of Topliss-reactive ketones (excluding diaryl/α,β-unsaturated/α-hetero) is 1. The fourth-order valence-corrected chi connectivity index (χ4v) is 9.11. The molecule has 1 N–H and O–H groups in total. The van der Waals surface area contributed by atoms with Crippen molar-refractivity contribution in [2.24, 2.45) is 40.9 Å². The third-order valence-corrected chi connectivity index (χ3v) is 10.9. The number of aromatic nitrogens is 3. The fraction of sp³-hybridized carbons (Fsp3) is 0.750. The van der Waals surface area contributed by atoms with Gasteiger partial charge in [-0.15, -0.1) is 0 Å². The molecule has 8 atom stereocenters. The standard InChI is InChI=1S/C28H39N3O2/c1-3-28(33)13-11-19-18(15-28)6-7-21-20(19)10-12-27(2)22(21)8-9-23(27)26(32)17-31-25-5-4-14-29-24(25)16-30-31/h4-5,14,16,18-23,33H,3,6-13,15,17H2,1-2H3/t18-,19+,20-,21-,22+,23-,27+,28-/m1/s1. The van der Waals surface area contributed by atoms with Gasteiger partial charge in [0.25, 0.3) is 0 Å². The Morgan fingerprint density at radius 1 is 1.12 bits per heavy atom. The zero-order valence-corrected chi connectivity index (χ0v) is 20.2. The molecule has 5 nitrogen and oxygen atoms in total. The third-order valence-electron chi connectivity index (χ3n) is 10.9. The van der Waals surface area contributed by atoms with E-state index in [0.717, 1.165) is 60.4 Å². The van der Waals surface area contributed by atoms with E-state index in [1.807, 2.05) is 16.8 Å². The lowest BCUT2D eigenvalue weighted by molar-refractivity contribution is -0.133. The molecule has 0 unspecified atom stereocenters. The fourth-order valence-electron chi connectivity index (χ4n) is 9.11. The summed E-state index contributed by atoms with van der Waals surface area (Å²) in [6.45, 7) is 4.96. The second-order valence-corrected chi connectivity index (χ2v) is 12.1. The Kier molecular flexibility index (Phi) is 5.21. The van der Waals surface area contributed by atoms with Crippen molar-refractivity contribution < 1.29 is 9.90 Å². The predicted octanol–water partition coefficient (Wildman–Crippen LogP) is 5.41. The zero-order chi connectivity index (χ0) is 22.8. The summed E-state index contributed by atoms with van der Waals surface area (Å²) in [5.41, 5.74) is 1.55. The van der Waals surface area contributed by atoms with E-state index in [2.05, 4.69) is 23.9 Å². The minimum Gasteiger partial charge on any atom is -0.390 e. The molecule has 2 aromatic heterocycles. The number of fused-ring (bicyclic) bond motifs is 6. The number of carbonyl (C=O) groups is 1. The number of nitrogens with zero attached hydrogens (tertiary/aromatic N) is 3. The van der Waals surface area contributed by atoms with Gasteiger partial charge < -0.3 is 5.11 Å². The van der Waals surface area contributed by atoms with Crippen LogP contribution < -0.4 is 0 Å². The molecule has 6 rings (SSSR count). The first kappa shape index (κ1) is 21.8. The van der Waals surface area contributed by atoms with E-state index >= 15 is 0 Å². The molecule has 4 saturated carbocycles. The Bertz CT molecular complexity index is 1050. The Balaban J connectivity index is 1.19. The van der Waals surface area contributed by atoms with Gasteiger partial charge in [-0.25, -0.2) is 0 Å². The molecule has 0 aromatic carbocycles. The Labute approximate surface area is 197 Å². The summed E-state index contributed by atoms with van der Waals surface area (Å²) in [6, 6.07) is 3.93. The lowest BCUT2D eigenvalue weighted by atomic mass is 9.48. The molecule has 2 aromatic rings. The number of ketones is 1. The highest BCUT2D eigenvalue weighted by molar-refractivity contribution is 5.84. The second-order valence-electron chi connectivity index (χ2n) is 12.1. The number of carbonyl (C=O) groups excluding carboxylic acids is 1. The monoisotopic (exact) mass is 449 g/mol. The van der Waals surface area contributed by atoms with Gasteiger partial charge >= 0.3 is 0 Å². The van der Waals surface area contributed by atoms with Crippen LogP contribution in [0.4, 0.5) is 0 Å². The average Bonchev–Trinajstić information content (AvgIpc) is 3.39.